The Balaban J connectivity index is 1.49. The van der Waals surface area contributed by atoms with Gasteiger partial charge in [0.1, 0.15) is 13.2 Å². The van der Waals surface area contributed by atoms with Crippen LogP contribution in [-0.4, -0.2) is 43.4 Å². The number of amides is 2. The van der Waals surface area contributed by atoms with Gasteiger partial charge in [-0.05, 0) is 29.8 Å². The molecule has 0 bridgehead atoms. The molecule has 0 fully saturated rings. The number of benzene rings is 2. The second-order valence-corrected chi connectivity index (χ2v) is 7.13. The van der Waals surface area contributed by atoms with Gasteiger partial charge in [0.2, 0.25) is 5.91 Å². The van der Waals surface area contributed by atoms with Crippen molar-refractivity contribution in [2.45, 2.75) is 11.3 Å². The highest BCUT2D eigenvalue weighted by molar-refractivity contribution is 8.00. The number of carbonyl (C=O) groups is 3. The fourth-order valence-corrected chi connectivity index (χ4v) is 3.34. The van der Waals surface area contributed by atoms with Gasteiger partial charge in [0.15, 0.2) is 18.1 Å². The average Bonchev–Trinajstić information content (AvgIpc) is 2.71. The minimum absolute atomic E-state index is 0.00890. The predicted molar refractivity (Wildman–Crippen MR) is 107 cm³/mol. The number of carbonyl (C=O) groups excluding carboxylic acids is 3. The summed E-state index contributed by atoms with van der Waals surface area (Å²) < 4.78 is 16.0. The molecule has 0 saturated carbocycles. The van der Waals surface area contributed by atoms with Gasteiger partial charge < -0.3 is 25.3 Å². The number of para-hydroxylation sites is 1. The fraction of sp³-hybridized carbons (Fsp3) is 0.250. The van der Waals surface area contributed by atoms with Gasteiger partial charge in [-0.1, -0.05) is 18.2 Å². The number of esters is 1. The van der Waals surface area contributed by atoms with Gasteiger partial charge in [-0.2, -0.15) is 0 Å². The Morgan fingerprint density at radius 1 is 1.07 bits per heavy atom. The summed E-state index contributed by atoms with van der Waals surface area (Å²) in [5.41, 5.74) is 6.38. The van der Waals surface area contributed by atoms with Crippen molar-refractivity contribution in [2.75, 3.05) is 30.9 Å². The lowest BCUT2D eigenvalue weighted by Crippen LogP contribution is -2.22. The lowest BCUT2D eigenvalue weighted by molar-refractivity contribution is -0.146. The molecule has 0 spiro atoms. The Morgan fingerprint density at radius 2 is 1.83 bits per heavy atom. The quantitative estimate of drug-likeness (QED) is 0.497. The summed E-state index contributed by atoms with van der Waals surface area (Å²) in [4.78, 5) is 35.8. The third-order valence-corrected chi connectivity index (χ3v) is 4.95. The number of anilines is 1. The van der Waals surface area contributed by atoms with Crippen LogP contribution in [0, 0.1) is 0 Å². The molecule has 0 unspecified atom stereocenters. The van der Waals surface area contributed by atoms with Crippen LogP contribution < -0.4 is 20.5 Å². The van der Waals surface area contributed by atoms with Crippen LogP contribution in [0.3, 0.4) is 0 Å². The van der Waals surface area contributed by atoms with Gasteiger partial charge in [0, 0.05) is 4.90 Å². The van der Waals surface area contributed by atoms with E-state index in [1.165, 1.54) is 11.8 Å². The number of hydrogen-bond donors (Lipinski definition) is 2. The van der Waals surface area contributed by atoms with Crippen molar-refractivity contribution in [1.82, 2.24) is 0 Å². The first-order valence-corrected chi connectivity index (χ1v) is 9.84. The summed E-state index contributed by atoms with van der Waals surface area (Å²) in [6.07, 6.45) is 0.00890. The van der Waals surface area contributed by atoms with Gasteiger partial charge in [0.05, 0.1) is 17.9 Å². The van der Waals surface area contributed by atoms with Gasteiger partial charge in [-0.15, -0.1) is 11.8 Å². The van der Waals surface area contributed by atoms with Crippen molar-refractivity contribution < 1.29 is 28.6 Å². The van der Waals surface area contributed by atoms with E-state index in [0.717, 1.165) is 0 Å². The first-order chi connectivity index (χ1) is 14.0. The van der Waals surface area contributed by atoms with Crippen LogP contribution in [-0.2, 0) is 25.5 Å². The third-order valence-electron chi connectivity index (χ3n) is 3.85. The zero-order valence-electron chi connectivity index (χ0n) is 15.5. The lowest BCUT2D eigenvalue weighted by atomic mass is 10.1. The van der Waals surface area contributed by atoms with E-state index in [0.29, 0.717) is 40.9 Å². The maximum Gasteiger partial charge on any atom is 0.310 e. The number of rotatable bonds is 8. The Labute approximate surface area is 171 Å². The Kier molecular flexibility index (Phi) is 6.96. The molecule has 1 aliphatic rings. The molecule has 0 saturated heterocycles. The van der Waals surface area contributed by atoms with E-state index in [2.05, 4.69) is 5.32 Å². The molecule has 2 aromatic rings. The monoisotopic (exact) mass is 416 g/mol. The summed E-state index contributed by atoms with van der Waals surface area (Å²) >= 11 is 1.22. The molecule has 1 aliphatic heterocycles. The van der Waals surface area contributed by atoms with E-state index in [1.54, 1.807) is 42.5 Å². The Morgan fingerprint density at radius 3 is 2.62 bits per heavy atom. The molecule has 2 amide bonds. The molecule has 0 atom stereocenters. The molecule has 152 valence electrons. The smallest absolute Gasteiger partial charge is 0.310 e. The van der Waals surface area contributed by atoms with Crippen molar-refractivity contribution in [3.63, 3.8) is 0 Å². The molecule has 8 nitrogen and oxygen atoms in total. The molecule has 0 aliphatic carbocycles. The maximum absolute atomic E-state index is 12.1. The number of primary amides is 1. The van der Waals surface area contributed by atoms with Crippen LogP contribution in [0.4, 0.5) is 5.69 Å². The summed E-state index contributed by atoms with van der Waals surface area (Å²) in [5, 5.41) is 2.67. The van der Waals surface area contributed by atoms with E-state index >= 15 is 0 Å². The molecule has 1 heterocycles. The minimum atomic E-state index is -0.534. The van der Waals surface area contributed by atoms with Crippen LogP contribution in [0.2, 0.25) is 0 Å². The van der Waals surface area contributed by atoms with Crippen LogP contribution >= 0.6 is 11.8 Å². The number of thioether (sulfide) groups is 1. The van der Waals surface area contributed by atoms with Crippen LogP contribution in [0.5, 0.6) is 11.5 Å². The van der Waals surface area contributed by atoms with Crippen molar-refractivity contribution in [1.29, 1.82) is 0 Å². The first kappa shape index (κ1) is 20.5. The zero-order valence-corrected chi connectivity index (χ0v) is 16.3. The summed E-state index contributed by atoms with van der Waals surface area (Å²) in [6, 6.07) is 12.2. The largest absolute Gasteiger partial charge is 0.486 e. The average molecular weight is 416 g/mol. The van der Waals surface area contributed by atoms with Crippen LogP contribution in [0.25, 0.3) is 0 Å². The molecule has 9 heteroatoms. The van der Waals surface area contributed by atoms with Gasteiger partial charge in [-0.25, -0.2) is 0 Å². The normalized spacial score (nSPS) is 12.1. The second kappa shape index (κ2) is 9.83. The Hall–Kier alpha value is -3.20. The van der Waals surface area contributed by atoms with Crippen molar-refractivity contribution >= 4 is 35.2 Å². The highest BCUT2D eigenvalue weighted by Crippen LogP contribution is 2.31. The van der Waals surface area contributed by atoms with E-state index in [9.17, 15) is 14.4 Å². The van der Waals surface area contributed by atoms with Crippen LogP contribution in [0.1, 0.15) is 5.56 Å². The zero-order chi connectivity index (χ0) is 20.6. The highest BCUT2D eigenvalue weighted by Gasteiger charge is 2.15. The maximum atomic E-state index is 12.1. The SMILES string of the molecule is NC(=O)CSc1ccccc1NC(=O)COC(=O)Cc1ccc2c(c1)OCCO2. The molecule has 3 rings (SSSR count). The third kappa shape index (κ3) is 6.15. The first-order valence-electron chi connectivity index (χ1n) is 8.85. The number of ether oxygens (including phenoxy) is 3. The van der Waals surface area contributed by atoms with Crippen molar-refractivity contribution in [3.05, 3.63) is 48.0 Å². The number of nitrogens with two attached hydrogens (primary N) is 1. The minimum Gasteiger partial charge on any atom is -0.486 e. The van der Waals surface area contributed by atoms with Gasteiger partial charge in [0.25, 0.3) is 5.91 Å². The number of fused-ring (bicyclic) bond motifs is 1. The summed E-state index contributed by atoms with van der Waals surface area (Å²) in [7, 11) is 0. The highest BCUT2D eigenvalue weighted by atomic mass is 32.2. The Bertz CT molecular complexity index is 918. The van der Waals surface area contributed by atoms with Gasteiger partial charge >= 0.3 is 5.97 Å². The summed E-state index contributed by atoms with van der Waals surface area (Å²) in [6.45, 7) is 0.534. The molecule has 0 aromatic heterocycles. The van der Waals surface area contributed by atoms with Crippen molar-refractivity contribution in [2.24, 2.45) is 5.73 Å². The second-order valence-electron chi connectivity index (χ2n) is 6.11. The van der Waals surface area contributed by atoms with E-state index in [1.807, 2.05) is 0 Å². The topological polar surface area (TPSA) is 117 Å². The van der Waals surface area contributed by atoms with Gasteiger partial charge in [-0.3, -0.25) is 14.4 Å². The van der Waals surface area contributed by atoms with E-state index in [-0.39, 0.29) is 12.2 Å². The summed E-state index contributed by atoms with van der Waals surface area (Å²) in [5.74, 6) is -0.146. The molecule has 0 radical (unpaired) electrons. The van der Waals surface area contributed by atoms with Crippen molar-refractivity contribution in [3.8, 4) is 11.5 Å². The fourth-order valence-electron chi connectivity index (χ4n) is 2.59. The molecule has 2 aromatic carbocycles. The standard InChI is InChI=1S/C20H20N2O6S/c21-18(23)12-29-17-4-2-1-3-14(17)22-19(24)11-28-20(25)10-13-5-6-15-16(9-13)27-8-7-26-15/h1-6,9H,7-8,10-12H2,(H2,21,23)(H,22,24). The molecular weight excluding hydrogens is 396 g/mol. The van der Waals surface area contributed by atoms with E-state index in [4.69, 9.17) is 19.9 Å². The van der Waals surface area contributed by atoms with E-state index < -0.39 is 24.4 Å². The number of hydrogen-bond acceptors (Lipinski definition) is 7. The molecule has 29 heavy (non-hydrogen) atoms. The molecular formula is C20H20N2O6S. The predicted octanol–water partition coefficient (Wildman–Crippen LogP) is 1.76. The lowest BCUT2D eigenvalue weighted by Gasteiger charge is -2.18. The molecule has 3 N–H and O–H groups in total. The van der Waals surface area contributed by atoms with Crippen LogP contribution in [0.15, 0.2) is 47.4 Å². The number of nitrogens with one attached hydrogen (secondary N) is 1.